The summed E-state index contributed by atoms with van der Waals surface area (Å²) in [5.74, 6) is 0.0551. The molecule has 4 N–H and O–H groups in total. The van der Waals surface area contributed by atoms with Crippen LogP contribution in [0.1, 0.15) is 5.56 Å². The van der Waals surface area contributed by atoms with E-state index in [1.54, 1.807) is 13.0 Å². The average molecular weight is 649 g/mol. The molecule has 0 aliphatic carbocycles. The lowest BCUT2D eigenvalue weighted by molar-refractivity contribution is 0.480. The Morgan fingerprint density at radius 2 is 1.32 bits per heavy atom. The second-order valence-corrected chi connectivity index (χ2v) is 12.8. The van der Waals surface area contributed by atoms with E-state index in [1.807, 2.05) is 0 Å². The summed E-state index contributed by atoms with van der Waals surface area (Å²) in [5.41, 5.74) is 0.656. The first-order valence-electron chi connectivity index (χ1n) is 10.3. The van der Waals surface area contributed by atoms with Crippen molar-refractivity contribution >= 4 is 87.3 Å². The molecule has 0 atom stereocenters. The minimum absolute atomic E-state index is 0.0551. The van der Waals surface area contributed by atoms with E-state index in [4.69, 9.17) is 23.2 Å². The van der Waals surface area contributed by atoms with Crippen LogP contribution in [0.15, 0.2) is 67.4 Å². The number of azo groups is 1. The van der Waals surface area contributed by atoms with E-state index in [0.717, 1.165) is 12.1 Å². The van der Waals surface area contributed by atoms with Crippen molar-refractivity contribution in [1.82, 2.24) is 15.0 Å². The number of nitrogens with zero attached hydrogens (tertiary/aromatic N) is 5. The van der Waals surface area contributed by atoms with Gasteiger partial charge in [-0.05, 0) is 83.5 Å². The first-order valence-corrected chi connectivity index (χ1v) is 15.4. The SMILES string of the molecule is Cc1cc(Nc2nc(Cl)nc(Cl)n2)ccc1N=Nc1cc2c(S(=O)(=O)O)cc(S(=O)(=O)O)cc2cc1S(=O)(=O)O. The van der Waals surface area contributed by atoms with E-state index in [-0.39, 0.29) is 33.0 Å². The number of hydrogen-bond acceptors (Lipinski definition) is 12. The molecule has 0 fully saturated rings. The van der Waals surface area contributed by atoms with Gasteiger partial charge in [0.15, 0.2) is 0 Å². The monoisotopic (exact) mass is 648 g/mol. The molecule has 40 heavy (non-hydrogen) atoms. The molecule has 0 radical (unpaired) electrons. The normalized spacial score (nSPS) is 12.8. The van der Waals surface area contributed by atoms with Crippen molar-refractivity contribution in [1.29, 1.82) is 0 Å². The number of aryl methyl sites for hydroxylation is 1. The second kappa shape index (κ2) is 10.6. The van der Waals surface area contributed by atoms with Crippen molar-refractivity contribution in [3.05, 3.63) is 58.6 Å². The highest BCUT2D eigenvalue weighted by Gasteiger charge is 2.24. The summed E-state index contributed by atoms with van der Waals surface area (Å²) in [6, 6.07) is 7.40. The lowest BCUT2D eigenvalue weighted by Gasteiger charge is -2.10. The number of halogens is 2. The Hall–Kier alpha value is -3.36. The molecular weight excluding hydrogens is 635 g/mol. The molecule has 1 aromatic heterocycles. The van der Waals surface area contributed by atoms with E-state index < -0.39 is 50.7 Å². The molecule has 4 aromatic rings. The van der Waals surface area contributed by atoms with Gasteiger partial charge in [-0.25, -0.2) is 0 Å². The molecule has 3 aromatic carbocycles. The van der Waals surface area contributed by atoms with Gasteiger partial charge in [-0.2, -0.15) is 45.3 Å². The molecule has 20 heteroatoms. The van der Waals surface area contributed by atoms with Crippen LogP contribution in [0, 0.1) is 6.92 Å². The first-order chi connectivity index (χ1) is 18.4. The van der Waals surface area contributed by atoms with Gasteiger partial charge in [-0.1, -0.05) is 0 Å². The number of fused-ring (bicyclic) bond motifs is 1. The molecule has 1 heterocycles. The summed E-state index contributed by atoms with van der Waals surface area (Å²) in [7, 11) is -15.1. The summed E-state index contributed by atoms with van der Waals surface area (Å²) in [6.45, 7) is 1.63. The lowest BCUT2D eigenvalue weighted by atomic mass is 10.1. The van der Waals surface area contributed by atoms with Crippen LogP contribution in [-0.2, 0) is 30.4 Å². The third kappa shape index (κ3) is 6.67. The van der Waals surface area contributed by atoms with E-state index in [2.05, 4.69) is 30.5 Å². The number of nitrogens with one attached hydrogen (secondary N) is 1. The maximum absolute atomic E-state index is 12.1. The average Bonchev–Trinajstić information content (AvgIpc) is 2.79. The summed E-state index contributed by atoms with van der Waals surface area (Å²) < 4.78 is 100. The predicted molar refractivity (Wildman–Crippen MR) is 142 cm³/mol. The third-order valence-corrected chi connectivity index (χ3v) is 8.07. The highest BCUT2D eigenvalue weighted by Crippen LogP contribution is 2.36. The summed E-state index contributed by atoms with van der Waals surface area (Å²) in [4.78, 5) is 8.60. The molecule has 4 rings (SSSR count). The minimum atomic E-state index is -5.08. The van der Waals surface area contributed by atoms with Crippen LogP contribution in [0.4, 0.5) is 23.0 Å². The maximum Gasteiger partial charge on any atom is 0.296 e. The van der Waals surface area contributed by atoms with Gasteiger partial charge in [0.2, 0.25) is 16.5 Å². The summed E-state index contributed by atoms with van der Waals surface area (Å²) in [5, 5.41) is 9.64. The molecule has 0 bridgehead atoms. The van der Waals surface area contributed by atoms with Crippen molar-refractivity contribution in [2.75, 3.05) is 5.32 Å². The number of hydrogen-bond donors (Lipinski definition) is 4. The van der Waals surface area contributed by atoms with E-state index in [0.29, 0.717) is 23.4 Å². The quantitative estimate of drug-likeness (QED) is 0.159. The van der Waals surface area contributed by atoms with Crippen LogP contribution in [0.2, 0.25) is 10.6 Å². The lowest BCUT2D eigenvalue weighted by Crippen LogP contribution is -2.05. The zero-order valence-corrected chi connectivity index (χ0v) is 23.5. The smallest absolute Gasteiger partial charge is 0.296 e. The number of anilines is 2. The summed E-state index contributed by atoms with van der Waals surface area (Å²) in [6.07, 6.45) is 0. The fourth-order valence-corrected chi connectivity index (χ4v) is 5.78. The van der Waals surface area contributed by atoms with Gasteiger partial charge in [-0.3, -0.25) is 13.7 Å². The Kier molecular flexibility index (Phi) is 7.82. The Morgan fingerprint density at radius 3 is 1.88 bits per heavy atom. The van der Waals surface area contributed by atoms with Crippen LogP contribution in [0.5, 0.6) is 0 Å². The zero-order valence-electron chi connectivity index (χ0n) is 19.5. The third-order valence-electron chi connectivity index (χ3n) is 5.12. The number of benzene rings is 3. The standard InChI is InChI=1S/C20H14Cl2N6O9S3/c1-9-4-11(23-20-25-18(21)24-19(22)26-20)2-3-14(9)27-28-15-8-13-10(6-17(15)40(35,36)37)5-12(38(29,30)31)7-16(13)39(32,33)34/h2-8H,1H3,(H,29,30,31)(H,32,33,34)(H,35,36,37)(H,23,24,25,26). The number of aromatic nitrogens is 3. The molecule has 15 nitrogen and oxygen atoms in total. The van der Waals surface area contributed by atoms with Crippen LogP contribution in [-0.4, -0.2) is 53.9 Å². The van der Waals surface area contributed by atoms with Gasteiger partial charge >= 0.3 is 0 Å². The highest BCUT2D eigenvalue weighted by molar-refractivity contribution is 7.87. The van der Waals surface area contributed by atoms with Gasteiger partial charge in [0, 0.05) is 11.1 Å². The Balaban J connectivity index is 1.82. The van der Waals surface area contributed by atoms with E-state index in [1.165, 1.54) is 12.1 Å². The molecule has 0 spiro atoms. The van der Waals surface area contributed by atoms with Gasteiger partial charge < -0.3 is 5.32 Å². The maximum atomic E-state index is 12.1. The molecule has 210 valence electrons. The van der Waals surface area contributed by atoms with E-state index >= 15 is 0 Å². The number of rotatable bonds is 7. The predicted octanol–water partition coefficient (Wildman–Crippen LogP) is 4.54. The Morgan fingerprint density at radius 1 is 0.725 bits per heavy atom. The van der Waals surface area contributed by atoms with Crippen molar-refractivity contribution < 1.29 is 38.9 Å². The van der Waals surface area contributed by atoms with Crippen molar-refractivity contribution in [2.24, 2.45) is 10.2 Å². The van der Waals surface area contributed by atoms with Crippen LogP contribution in [0.3, 0.4) is 0 Å². The fraction of sp³-hybridized carbons (Fsp3) is 0.0500. The fourth-order valence-electron chi connectivity index (χ4n) is 3.43. The molecule has 0 amide bonds. The molecule has 0 saturated carbocycles. The second-order valence-electron chi connectivity index (χ2n) is 7.91. The molecule has 0 unspecified atom stereocenters. The summed E-state index contributed by atoms with van der Waals surface area (Å²) >= 11 is 11.5. The Bertz CT molecular complexity index is 2040. The zero-order chi connectivity index (χ0) is 29.6. The topological polar surface area (TPSA) is 239 Å². The van der Waals surface area contributed by atoms with Crippen molar-refractivity contribution in [3.8, 4) is 0 Å². The van der Waals surface area contributed by atoms with Gasteiger partial charge in [-0.15, -0.1) is 5.11 Å². The first kappa shape index (κ1) is 29.6. The minimum Gasteiger partial charge on any atom is -0.324 e. The van der Waals surface area contributed by atoms with Crippen LogP contribution >= 0.6 is 23.2 Å². The van der Waals surface area contributed by atoms with E-state index in [9.17, 15) is 38.9 Å². The highest BCUT2D eigenvalue weighted by atomic mass is 35.5. The molecule has 0 aliphatic rings. The van der Waals surface area contributed by atoms with Gasteiger partial charge in [0.05, 0.1) is 10.6 Å². The van der Waals surface area contributed by atoms with Crippen LogP contribution < -0.4 is 5.32 Å². The largest absolute Gasteiger partial charge is 0.324 e. The van der Waals surface area contributed by atoms with Crippen LogP contribution in [0.25, 0.3) is 10.8 Å². The molecule has 0 aliphatic heterocycles. The van der Waals surface area contributed by atoms with Crippen molar-refractivity contribution in [2.45, 2.75) is 21.6 Å². The van der Waals surface area contributed by atoms with Crippen molar-refractivity contribution in [3.63, 3.8) is 0 Å². The van der Waals surface area contributed by atoms with Gasteiger partial charge in [0.25, 0.3) is 30.4 Å². The van der Waals surface area contributed by atoms with Gasteiger partial charge in [0.1, 0.15) is 15.5 Å². The molecular formula is C20H14Cl2N6O9S3. The Labute approximate surface area is 236 Å². The molecule has 0 saturated heterocycles.